The van der Waals surface area contributed by atoms with Gasteiger partial charge in [0, 0.05) is 18.5 Å². The third-order valence-corrected chi connectivity index (χ3v) is 2.63. The van der Waals surface area contributed by atoms with Crippen molar-refractivity contribution in [1.82, 2.24) is 5.32 Å². The van der Waals surface area contributed by atoms with E-state index >= 15 is 0 Å². The number of methoxy groups -OCH3 is 1. The Morgan fingerprint density at radius 3 is 2.74 bits per heavy atom. The zero-order valence-corrected chi connectivity index (χ0v) is 10.8. The van der Waals surface area contributed by atoms with Crippen molar-refractivity contribution in [2.75, 3.05) is 7.11 Å². The average Bonchev–Trinajstić information content (AvgIpc) is 2.36. The maximum absolute atomic E-state index is 13.1. The van der Waals surface area contributed by atoms with Crippen molar-refractivity contribution >= 4 is 11.9 Å². The van der Waals surface area contributed by atoms with Gasteiger partial charge in [0.2, 0.25) is 5.91 Å². The predicted octanol–water partition coefficient (Wildman–Crippen LogP) is 1.56. The maximum Gasteiger partial charge on any atom is 0.306 e. The smallest absolute Gasteiger partial charge is 0.306 e. The average molecular weight is 269 g/mol. The molecule has 0 aromatic heterocycles. The van der Waals surface area contributed by atoms with Gasteiger partial charge >= 0.3 is 5.97 Å². The summed E-state index contributed by atoms with van der Waals surface area (Å²) < 4.78 is 18.1. The monoisotopic (exact) mass is 269 g/mol. The van der Waals surface area contributed by atoms with Crippen LogP contribution in [0.15, 0.2) is 18.2 Å². The number of rotatable bonds is 6. The topological polar surface area (TPSA) is 75.6 Å². The molecule has 0 fully saturated rings. The van der Waals surface area contributed by atoms with Gasteiger partial charge < -0.3 is 15.2 Å². The first-order valence-electron chi connectivity index (χ1n) is 5.76. The number of hydrogen-bond donors (Lipinski definition) is 2. The number of ether oxygens (including phenoxy) is 1. The second kappa shape index (κ2) is 6.72. The summed E-state index contributed by atoms with van der Waals surface area (Å²) in [7, 11) is 1.45. The third kappa shape index (κ3) is 4.57. The van der Waals surface area contributed by atoms with Gasteiger partial charge in [0.25, 0.3) is 0 Å². The lowest BCUT2D eigenvalue weighted by Crippen LogP contribution is -2.27. The van der Waals surface area contributed by atoms with E-state index in [9.17, 15) is 14.0 Å². The molecule has 0 saturated heterocycles. The summed E-state index contributed by atoms with van der Waals surface area (Å²) in [4.78, 5) is 22.1. The van der Waals surface area contributed by atoms with Crippen molar-refractivity contribution < 1.29 is 23.8 Å². The van der Waals surface area contributed by atoms with E-state index in [1.165, 1.54) is 32.2 Å². The quantitative estimate of drug-likeness (QED) is 0.821. The number of nitrogens with one attached hydrogen (secondary N) is 1. The molecule has 104 valence electrons. The summed E-state index contributed by atoms with van der Waals surface area (Å²) in [6.07, 6.45) is -0.118. The van der Waals surface area contributed by atoms with E-state index in [2.05, 4.69) is 5.32 Å². The molecule has 0 spiro atoms. The summed E-state index contributed by atoms with van der Waals surface area (Å²) >= 11 is 0. The van der Waals surface area contributed by atoms with E-state index < -0.39 is 23.6 Å². The Kier molecular flexibility index (Phi) is 5.29. The van der Waals surface area contributed by atoms with Gasteiger partial charge in [-0.15, -0.1) is 0 Å². The van der Waals surface area contributed by atoms with Crippen LogP contribution < -0.4 is 10.1 Å². The number of carbonyl (C=O) groups excluding carboxylic acids is 1. The molecule has 0 aliphatic carbocycles. The van der Waals surface area contributed by atoms with Crippen molar-refractivity contribution in [3.8, 4) is 5.75 Å². The van der Waals surface area contributed by atoms with Gasteiger partial charge in [0.15, 0.2) is 0 Å². The molecule has 1 amide bonds. The van der Waals surface area contributed by atoms with Gasteiger partial charge in [0.1, 0.15) is 11.6 Å². The highest BCUT2D eigenvalue weighted by molar-refractivity contribution is 5.81. The summed E-state index contributed by atoms with van der Waals surface area (Å²) in [6, 6.07) is 3.99. The predicted molar refractivity (Wildman–Crippen MR) is 66.2 cm³/mol. The molecule has 0 bridgehead atoms. The van der Waals surface area contributed by atoms with Crippen molar-refractivity contribution in [2.24, 2.45) is 5.92 Å². The zero-order chi connectivity index (χ0) is 14.4. The largest absolute Gasteiger partial charge is 0.496 e. The highest BCUT2D eigenvalue weighted by Gasteiger charge is 2.15. The van der Waals surface area contributed by atoms with E-state index in [1.807, 2.05) is 0 Å². The molecular weight excluding hydrogens is 253 g/mol. The van der Waals surface area contributed by atoms with E-state index in [0.29, 0.717) is 11.3 Å². The molecule has 1 aromatic carbocycles. The fourth-order valence-corrected chi connectivity index (χ4v) is 1.52. The number of carboxylic acids is 1. The minimum absolute atomic E-state index is 0.0894. The van der Waals surface area contributed by atoms with Gasteiger partial charge in [-0.2, -0.15) is 0 Å². The standard InChI is InChI=1S/C13H16FNO4/c1-8(13(17)18)5-12(16)15-7-9-6-10(14)3-4-11(9)19-2/h3-4,6,8H,5,7H2,1-2H3,(H,15,16)(H,17,18). The molecule has 6 heteroatoms. The van der Waals surface area contributed by atoms with Crippen molar-refractivity contribution in [3.63, 3.8) is 0 Å². The minimum Gasteiger partial charge on any atom is -0.496 e. The van der Waals surface area contributed by atoms with Gasteiger partial charge in [-0.05, 0) is 18.2 Å². The molecule has 0 radical (unpaired) electrons. The Hall–Kier alpha value is -2.11. The number of halogens is 1. The Morgan fingerprint density at radius 2 is 2.16 bits per heavy atom. The van der Waals surface area contributed by atoms with E-state index in [1.54, 1.807) is 0 Å². The molecule has 19 heavy (non-hydrogen) atoms. The molecule has 5 nitrogen and oxygen atoms in total. The summed E-state index contributed by atoms with van der Waals surface area (Å²) in [6.45, 7) is 1.54. The van der Waals surface area contributed by atoms with Crippen LogP contribution in [0.2, 0.25) is 0 Å². The number of carboxylic acid groups (broad SMARTS) is 1. The van der Waals surface area contributed by atoms with Gasteiger partial charge in [0.05, 0.1) is 13.0 Å². The number of hydrogen-bond acceptors (Lipinski definition) is 3. The SMILES string of the molecule is COc1ccc(F)cc1CNC(=O)CC(C)C(=O)O. The molecule has 1 rings (SSSR count). The molecule has 0 aliphatic rings. The summed E-state index contributed by atoms with van der Waals surface area (Å²) in [5, 5.41) is 11.2. The molecule has 0 saturated carbocycles. The Balaban J connectivity index is 2.59. The van der Waals surface area contributed by atoms with E-state index in [0.717, 1.165) is 0 Å². The van der Waals surface area contributed by atoms with Crippen LogP contribution in [0.4, 0.5) is 4.39 Å². The summed E-state index contributed by atoms with van der Waals surface area (Å²) in [5.74, 6) is -2.15. The van der Waals surface area contributed by atoms with Crippen LogP contribution in [0.5, 0.6) is 5.75 Å². The van der Waals surface area contributed by atoms with Gasteiger partial charge in [-0.1, -0.05) is 6.92 Å². The van der Waals surface area contributed by atoms with Crippen LogP contribution in [0.3, 0.4) is 0 Å². The Bertz CT molecular complexity index is 476. The maximum atomic E-state index is 13.1. The third-order valence-electron chi connectivity index (χ3n) is 2.63. The van der Waals surface area contributed by atoms with Crippen LogP contribution in [0, 0.1) is 11.7 Å². The van der Waals surface area contributed by atoms with Crippen LogP contribution in [0.25, 0.3) is 0 Å². The molecule has 0 heterocycles. The number of carbonyl (C=O) groups is 2. The van der Waals surface area contributed by atoms with E-state index in [-0.39, 0.29) is 13.0 Å². The number of benzene rings is 1. The molecular formula is C13H16FNO4. The molecule has 1 atom stereocenters. The van der Waals surface area contributed by atoms with Crippen LogP contribution in [-0.2, 0) is 16.1 Å². The highest BCUT2D eigenvalue weighted by Crippen LogP contribution is 2.19. The first-order valence-corrected chi connectivity index (χ1v) is 5.76. The van der Waals surface area contributed by atoms with Gasteiger partial charge in [-0.25, -0.2) is 4.39 Å². The zero-order valence-electron chi connectivity index (χ0n) is 10.8. The fourth-order valence-electron chi connectivity index (χ4n) is 1.52. The Morgan fingerprint density at radius 1 is 1.47 bits per heavy atom. The molecule has 2 N–H and O–H groups in total. The van der Waals surface area contributed by atoms with Crippen molar-refractivity contribution in [1.29, 1.82) is 0 Å². The fraction of sp³-hybridized carbons (Fsp3) is 0.385. The first kappa shape index (κ1) is 14.9. The first-order chi connectivity index (χ1) is 8.93. The van der Waals surface area contributed by atoms with Crippen LogP contribution >= 0.6 is 0 Å². The summed E-state index contributed by atoms with van der Waals surface area (Å²) in [5.41, 5.74) is 0.499. The molecule has 1 unspecified atom stereocenters. The lowest BCUT2D eigenvalue weighted by Gasteiger charge is -2.11. The number of amides is 1. The van der Waals surface area contributed by atoms with Crippen LogP contribution in [-0.4, -0.2) is 24.1 Å². The molecule has 1 aromatic rings. The number of aliphatic carboxylic acids is 1. The second-order valence-electron chi connectivity index (χ2n) is 4.18. The Labute approximate surface area is 110 Å². The lowest BCUT2D eigenvalue weighted by atomic mass is 10.1. The van der Waals surface area contributed by atoms with Crippen LogP contribution in [0.1, 0.15) is 18.9 Å². The van der Waals surface area contributed by atoms with Crippen molar-refractivity contribution in [2.45, 2.75) is 19.9 Å². The normalized spacial score (nSPS) is 11.7. The van der Waals surface area contributed by atoms with Crippen molar-refractivity contribution in [3.05, 3.63) is 29.6 Å². The van der Waals surface area contributed by atoms with Gasteiger partial charge in [-0.3, -0.25) is 9.59 Å². The molecule has 0 aliphatic heterocycles. The minimum atomic E-state index is -1.03. The highest BCUT2D eigenvalue weighted by atomic mass is 19.1. The van der Waals surface area contributed by atoms with E-state index in [4.69, 9.17) is 9.84 Å². The second-order valence-corrected chi connectivity index (χ2v) is 4.18. The lowest BCUT2D eigenvalue weighted by molar-refractivity contribution is -0.143.